The second-order valence-electron chi connectivity index (χ2n) is 6.18. The van der Waals surface area contributed by atoms with Gasteiger partial charge in [0.05, 0.1) is 5.56 Å². The summed E-state index contributed by atoms with van der Waals surface area (Å²) in [5.74, 6) is 3.95. The maximum Gasteiger partial charge on any atom is 0.222 e. The molecule has 0 amide bonds. The molecule has 0 radical (unpaired) electrons. The lowest BCUT2D eigenvalue weighted by molar-refractivity contribution is 0.0957. The minimum absolute atomic E-state index is 0.289. The fraction of sp³-hybridized carbons (Fsp3) is 0.750. The van der Waals surface area contributed by atoms with Crippen LogP contribution in [-0.4, -0.2) is 23.1 Å². The Bertz CT molecular complexity index is 451. The maximum absolute atomic E-state index is 6.22. The Morgan fingerprint density at radius 2 is 1.80 bits per heavy atom. The average molecular weight is 277 g/mol. The number of anilines is 1. The van der Waals surface area contributed by atoms with Crippen LogP contribution in [0.25, 0.3) is 0 Å². The van der Waals surface area contributed by atoms with Crippen LogP contribution in [0.5, 0.6) is 5.88 Å². The molecule has 2 rings (SSSR count). The summed E-state index contributed by atoms with van der Waals surface area (Å²) >= 11 is 0. The van der Waals surface area contributed by atoms with Crippen molar-refractivity contribution in [1.82, 2.24) is 9.97 Å². The van der Waals surface area contributed by atoms with Gasteiger partial charge in [0.15, 0.2) is 0 Å². The third-order valence-corrected chi connectivity index (χ3v) is 4.11. The Labute approximate surface area is 122 Å². The molecule has 112 valence electrons. The van der Waals surface area contributed by atoms with Crippen LogP contribution in [0.1, 0.15) is 51.4 Å². The van der Waals surface area contributed by atoms with Crippen molar-refractivity contribution in [1.29, 1.82) is 0 Å². The molecular formula is C16H27N3O. The molecule has 2 atom stereocenters. The SMILES string of the molecule is CCc1nc(NC)c(C)c(OC2CC(C)CC(C)C2)n1. The number of hydrogen-bond acceptors (Lipinski definition) is 4. The summed E-state index contributed by atoms with van der Waals surface area (Å²) < 4.78 is 6.22. The van der Waals surface area contributed by atoms with Crippen LogP contribution < -0.4 is 10.1 Å². The molecule has 1 saturated carbocycles. The van der Waals surface area contributed by atoms with Crippen LogP contribution >= 0.6 is 0 Å². The number of rotatable bonds is 4. The molecule has 4 nitrogen and oxygen atoms in total. The average Bonchev–Trinajstić information content (AvgIpc) is 2.40. The number of nitrogens with one attached hydrogen (secondary N) is 1. The smallest absolute Gasteiger partial charge is 0.222 e. The Balaban J connectivity index is 2.19. The zero-order valence-corrected chi connectivity index (χ0v) is 13.4. The van der Waals surface area contributed by atoms with Crippen LogP contribution in [0, 0.1) is 18.8 Å². The number of nitrogens with zero attached hydrogens (tertiary/aromatic N) is 2. The number of ether oxygens (including phenoxy) is 1. The summed E-state index contributed by atoms with van der Waals surface area (Å²) in [5, 5.41) is 3.13. The summed E-state index contributed by atoms with van der Waals surface area (Å²) in [6.07, 6.45) is 4.68. The number of hydrogen-bond donors (Lipinski definition) is 1. The Morgan fingerprint density at radius 3 is 2.35 bits per heavy atom. The lowest BCUT2D eigenvalue weighted by Crippen LogP contribution is -2.29. The van der Waals surface area contributed by atoms with E-state index in [9.17, 15) is 0 Å². The van der Waals surface area contributed by atoms with Crippen molar-refractivity contribution < 1.29 is 4.74 Å². The van der Waals surface area contributed by atoms with Crippen LogP contribution in [-0.2, 0) is 6.42 Å². The molecule has 0 aliphatic heterocycles. The standard InChI is InChI=1S/C16H27N3O/c1-6-14-18-15(17-5)12(4)16(19-14)20-13-8-10(2)7-11(3)9-13/h10-11,13H,6-9H2,1-5H3,(H,17,18,19). The molecule has 20 heavy (non-hydrogen) atoms. The van der Waals surface area contributed by atoms with Crippen molar-refractivity contribution in [3.63, 3.8) is 0 Å². The van der Waals surface area contributed by atoms with Gasteiger partial charge in [-0.25, -0.2) is 4.98 Å². The highest BCUT2D eigenvalue weighted by Gasteiger charge is 2.26. The molecule has 1 N–H and O–H groups in total. The fourth-order valence-electron chi connectivity index (χ4n) is 3.18. The molecule has 4 heteroatoms. The summed E-state index contributed by atoms with van der Waals surface area (Å²) in [4.78, 5) is 9.06. The van der Waals surface area contributed by atoms with Crippen molar-refractivity contribution >= 4 is 5.82 Å². The molecule has 1 aromatic rings. The first-order valence-corrected chi connectivity index (χ1v) is 7.75. The van der Waals surface area contributed by atoms with Crippen LogP contribution in [0.4, 0.5) is 5.82 Å². The van der Waals surface area contributed by atoms with Gasteiger partial charge in [-0.2, -0.15) is 4.98 Å². The fourth-order valence-corrected chi connectivity index (χ4v) is 3.18. The quantitative estimate of drug-likeness (QED) is 0.913. The minimum atomic E-state index is 0.289. The van der Waals surface area contributed by atoms with Gasteiger partial charge in [0.25, 0.3) is 0 Å². The highest BCUT2D eigenvalue weighted by Crippen LogP contribution is 2.32. The van der Waals surface area contributed by atoms with E-state index in [1.165, 1.54) is 6.42 Å². The van der Waals surface area contributed by atoms with Gasteiger partial charge in [0.2, 0.25) is 5.88 Å². The molecule has 1 aromatic heterocycles. The van der Waals surface area contributed by atoms with Gasteiger partial charge >= 0.3 is 0 Å². The van der Waals surface area contributed by atoms with E-state index in [0.717, 1.165) is 54.2 Å². The van der Waals surface area contributed by atoms with E-state index >= 15 is 0 Å². The third kappa shape index (κ3) is 3.41. The maximum atomic E-state index is 6.22. The predicted octanol–water partition coefficient (Wildman–Crippen LogP) is 3.59. The summed E-state index contributed by atoms with van der Waals surface area (Å²) in [6, 6.07) is 0. The molecule has 0 saturated heterocycles. The lowest BCUT2D eigenvalue weighted by Gasteiger charge is -2.31. The van der Waals surface area contributed by atoms with Gasteiger partial charge in [-0.15, -0.1) is 0 Å². The molecule has 0 bridgehead atoms. The highest BCUT2D eigenvalue weighted by atomic mass is 16.5. The van der Waals surface area contributed by atoms with E-state index in [0.29, 0.717) is 0 Å². The Hall–Kier alpha value is -1.32. The van der Waals surface area contributed by atoms with Crippen LogP contribution in [0.3, 0.4) is 0 Å². The van der Waals surface area contributed by atoms with Gasteiger partial charge in [-0.1, -0.05) is 20.8 Å². The minimum Gasteiger partial charge on any atom is -0.474 e. The van der Waals surface area contributed by atoms with Gasteiger partial charge in [0.1, 0.15) is 17.7 Å². The van der Waals surface area contributed by atoms with Crippen molar-refractivity contribution in [3.05, 3.63) is 11.4 Å². The van der Waals surface area contributed by atoms with Gasteiger partial charge < -0.3 is 10.1 Å². The third-order valence-electron chi connectivity index (χ3n) is 4.11. The van der Waals surface area contributed by atoms with E-state index in [1.54, 1.807) is 0 Å². The van der Waals surface area contributed by atoms with Crippen molar-refractivity contribution in [2.24, 2.45) is 11.8 Å². The zero-order valence-electron chi connectivity index (χ0n) is 13.4. The Morgan fingerprint density at radius 1 is 1.15 bits per heavy atom. The summed E-state index contributed by atoms with van der Waals surface area (Å²) in [6.45, 7) is 8.72. The Kier molecular flexibility index (Phi) is 4.84. The first kappa shape index (κ1) is 15.1. The normalized spacial score (nSPS) is 26.4. The molecule has 1 aliphatic rings. The molecule has 0 aromatic carbocycles. The highest BCUT2D eigenvalue weighted by molar-refractivity contribution is 5.48. The van der Waals surface area contributed by atoms with Crippen molar-refractivity contribution in [2.75, 3.05) is 12.4 Å². The van der Waals surface area contributed by atoms with Gasteiger partial charge in [0, 0.05) is 13.5 Å². The first-order valence-electron chi connectivity index (χ1n) is 7.75. The molecule has 0 spiro atoms. The molecule has 1 fully saturated rings. The van der Waals surface area contributed by atoms with E-state index in [1.807, 2.05) is 14.0 Å². The van der Waals surface area contributed by atoms with Crippen molar-refractivity contribution in [3.8, 4) is 5.88 Å². The topological polar surface area (TPSA) is 47.0 Å². The summed E-state index contributed by atoms with van der Waals surface area (Å²) in [5.41, 5.74) is 1.01. The lowest BCUT2D eigenvalue weighted by atomic mass is 9.82. The number of aryl methyl sites for hydroxylation is 1. The molecule has 1 heterocycles. The summed E-state index contributed by atoms with van der Waals surface area (Å²) in [7, 11) is 1.89. The van der Waals surface area contributed by atoms with E-state index in [-0.39, 0.29) is 6.10 Å². The van der Waals surface area contributed by atoms with E-state index in [4.69, 9.17) is 4.74 Å². The first-order chi connectivity index (χ1) is 9.53. The van der Waals surface area contributed by atoms with Crippen molar-refractivity contribution in [2.45, 2.75) is 59.5 Å². The largest absolute Gasteiger partial charge is 0.474 e. The molecular weight excluding hydrogens is 250 g/mol. The second-order valence-corrected chi connectivity index (χ2v) is 6.18. The van der Waals surface area contributed by atoms with Crippen LogP contribution in [0.15, 0.2) is 0 Å². The van der Waals surface area contributed by atoms with Gasteiger partial charge in [-0.05, 0) is 38.0 Å². The molecule has 2 unspecified atom stereocenters. The molecule has 1 aliphatic carbocycles. The van der Waals surface area contributed by atoms with E-state index in [2.05, 4.69) is 36.1 Å². The zero-order chi connectivity index (χ0) is 14.7. The number of aromatic nitrogens is 2. The van der Waals surface area contributed by atoms with Gasteiger partial charge in [-0.3, -0.25) is 0 Å². The monoisotopic (exact) mass is 277 g/mol. The predicted molar refractivity (Wildman–Crippen MR) is 82.3 cm³/mol. The second kappa shape index (κ2) is 6.42. The van der Waals surface area contributed by atoms with Crippen LogP contribution in [0.2, 0.25) is 0 Å². The van der Waals surface area contributed by atoms with E-state index < -0.39 is 0 Å².